The highest BCUT2D eigenvalue weighted by atomic mass is 16.1. The molecule has 0 aromatic carbocycles. The fourth-order valence-electron chi connectivity index (χ4n) is 1.38. The second-order valence-corrected chi connectivity index (χ2v) is 3.01. The average molecular weight is 178 g/mol. The van der Waals surface area contributed by atoms with Gasteiger partial charge in [-0.25, -0.2) is 0 Å². The Bertz CT molecular complexity index is 307. The number of nitrogens with zero attached hydrogens (tertiary/aromatic N) is 2. The van der Waals surface area contributed by atoms with Crippen LogP contribution in [0.25, 0.3) is 0 Å². The summed E-state index contributed by atoms with van der Waals surface area (Å²) < 4.78 is 0. The summed E-state index contributed by atoms with van der Waals surface area (Å²) in [5.74, 6) is -0.314. The van der Waals surface area contributed by atoms with Crippen LogP contribution in [-0.4, -0.2) is 30.5 Å². The number of hydrogen-bond donors (Lipinski definition) is 2. The second kappa shape index (κ2) is 3.10. The maximum atomic E-state index is 10.8. The van der Waals surface area contributed by atoms with E-state index in [-0.39, 0.29) is 12.0 Å². The minimum Gasteiger partial charge on any atom is -0.367 e. The zero-order valence-corrected chi connectivity index (χ0v) is 6.92. The molecule has 0 radical (unpaired) electrons. The Morgan fingerprint density at radius 2 is 2.31 bits per heavy atom. The molecule has 2 aliphatic rings. The Morgan fingerprint density at radius 1 is 1.46 bits per heavy atom. The summed E-state index contributed by atoms with van der Waals surface area (Å²) in [7, 11) is 0. The maximum absolute atomic E-state index is 10.8. The second-order valence-electron chi connectivity index (χ2n) is 3.01. The van der Waals surface area contributed by atoms with E-state index in [1.54, 1.807) is 18.6 Å². The van der Waals surface area contributed by atoms with Gasteiger partial charge in [-0.05, 0) is 6.08 Å². The van der Waals surface area contributed by atoms with Crippen LogP contribution in [0.4, 0.5) is 0 Å². The molecule has 1 amide bonds. The van der Waals surface area contributed by atoms with Crippen LogP contribution in [0, 0.1) is 5.92 Å². The van der Waals surface area contributed by atoms with E-state index in [9.17, 15) is 4.79 Å². The topological polar surface area (TPSA) is 79.8 Å². The van der Waals surface area contributed by atoms with E-state index in [1.165, 1.54) is 0 Å². The summed E-state index contributed by atoms with van der Waals surface area (Å²) in [6, 6.07) is 0.0903. The molecule has 3 atom stereocenters. The molecule has 68 valence electrons. The van der Waals surface area contributed by atoms with Gasteiger partial charge in [0, 0.05) is 30.6 Å². The van der Waals surface area contributed by atoms with Gasteiger partial charge >= 0.3 is 0 Å². The zero-order chi connectivity index (χ0) is 9.26. The molecule has 0 aromatic rings. The van der Waals surface area contributed by atoms with Crippen molar-refractivity contribution in [3.05, 3.63) is 12.3 Å². The van der Waals surface area contributed by atoms with Gasteiger partial charge in [-0.15, -0.1) is 0 Å². The standard InChI is InChI=1S/C8H10N4O/c9-7(13)8-11-4-5-3-10-2-1-6(5)12-8/h1-6,8,12H,(H2,9,13). The van der Waals surface area contributed by atoms with Crippen molar-refractivity contribution in [3.63, 3.8) is 0 Å². The van der Waals surface area contributed by atoms with Gasteiger partial charge in [-0.3, -0.25) is 20.1 Å². The minimum absolute atomic E-state index is 0.0903. The highest BCUT2D eigenvalue weighted by Crippen LogP contribution is 2.11. The van der Waals surface area contributed by atoms with Crippen molar-refractivity contribution >= 4 is 18.3 Å². The lowest BCUT2D eigenvalue weighted by Crippen LogP contribution is -2.51. The van der Waals surface area contributed by atoms with Crippen molar-refractivity contribution in [2.24, 2.45) is 21.6 Å². The Balaban J connectivity index is 2.16. The first-order valence-corrected chi connectivity index (χ1v) is 4.06. The van der Waals surface area contributed by atoms with Crippen LogP contribution in [-0.2, 0) is 4.79 Å². The van der Waals surface area contributed by atoms with Gasteiger partial charge < -0.3 is 5.73 Å². The molecule has 5 nitrogen and oxygen atoms in total. The van der Waals surface area contributed by atoms with Crippen LogP contribution < -0.4 is 11.1 Å². The number of nitrogens with one attached hydrogen (secondary N) is 1. The summed E-state index contributed by atoms with van der Waals surface area (Å²) in [6.45, 7) is 0. The minimum atomic E-state index is -0.600. The molecule has 0 aromatic heterocycles. The lowest BCUT2D eigenvalue weighted by atomic mass is 9.98. The van der Waals surface area contributed by atoms with Crippen molar-refractivity contribution in [1.29, 1.82) is 0 Å². The normalized spacial score (nSPS) is 35.8. The molecule has 2 heterocycles. The zero-order valence-electron chi connectivity index (χ0n) is 6.92. The Labute approximate surface area is 75.4 Å². The van der Waals surface area contributed by atoms with Gasteiger partial charge in [-0.1, -0.05) is 0 Å². The molecule has 3 unspecified atom stereocenters. The first-order chi connectivity index (χ1) is 6.27. The Morgan fingerprint density at radius 3 is 3.08 bits per heavy atom. The largest absolute Gasteiger partial charge is 0.367 e. The van der Waals surface area contributed by atoms with E-state index >= 15 is 0 Å². The van der Waals surface area contributed by atoms with Crippen LogP contribution in [0.3, 0.4) is 0 Å². The summed E-state index contributed by atoms with van der Waals surface area (Å²) in [4.78, 5) is 18.8. The number of nitrogens with two attached hydrogens (primary N) is 1. The Hall–Kier alpha value is -1.49. The van der Waals surface area contributed by atoms with E-state index < -0.39 is 12.1 Å². The molecule has 2 rings (SSSR count). The number of carbonyl (C=O) groups excluding carboxylic acids is 1. The quantitative estimate of drug-likeness (QED) is 0.543. The molecular formula is C8H10N4O. The number of primary amides is 1. The SMILES string of the molecule is NC(=O)C1N=CC2C=NC=CC2N1. The first kappa shape index (κ1) is 8.12. The first-order valence-electron chi connectivity index (χ1n) is 4.06. The van der Waals surface area contributed by atoms with Crippen LogP contribution in [0.2, 0.25) is 0 Å². The monoisotopic (exact) mass is 178 g/mol. The van der Waals surface area contributed by atoms with Crippen LogP contribution in [0.1, 0.15) is 0 Å². The van der Waals surface area contributed by atoms with Gasteiger partial charge in [-0.2, -0.15) is 0 Å². The van der Waals surface area contributed by atoms with E-state index in [1.807, 2.05) is 6.08 Å². The van der Waals surface area contributed by atoms with Crippen LogP contribution in [0.15, 0.2) is 22.3 Å². The highest BCUT2D eigenvalue weighted by molar-refractivity contribution is 5.90. The predicted octanol–water partition coefficient (Wildman–Crippen LogP) is -0.945. The molecule has 0 spiro atoms. The van der Waals surface area contributed by atoms with Crippen LogP contribution >= 0.6 is 0 Å². The number of amides is 1. The summed E-state index contributed by atoms with van der Waals surface area (Å²) >= 11 is 0. The fourth-order valence-corrected chi connectivity index (χ4v) is 1.38. The number of carbonyl (C=O) groups is 1. The lowest BCUT2D eigenvalue weighted by molar-refractivity contribution is -0.120. The molecule has 0 saturated carbocycles. The summed E-state index contributed by atoms with van der Waals surface area (Å²) in [6.07, 6.45) is 6.50. The van der Waals surface area contributed by atoms with Gasteiger partial charge in [0.15, 0.2) is 6.17 Å². The fraction of sp³-hybridized carbons (Fsp3) is 0.375. The molecule has 0 fully saturated rings. The maximum Gasteiger partial charge on any atom is 0.257 e. The van der Waals surface area contributed by atoms with Crippen molar-refractivity contribution in [1.82, 2.24) is 5.32 Å². The summed E-state index contributed by atoms with van der Waals surface area (Å²) in [5, 5.41) is 3.00. The molecule has 13 heavy (non-hydrogen) atoms. The van der Waals surface area contributed by atoms with Gasteiger partial charge in [0.1, 0.15) is 0 Å². The number of fused-ring (bicyclic) bond motifs is 1. The van der Waals surface area contributed by atoms with Crippen molar-refractivity contribution < 1.29 is 4.79 Å². The van der Waals surface area contributed by atoms with E-state index in [2.05, 4.69) is 15.3 Å². The predicted molar refractivity (Wildman–Crippen MR) is 49.5 cm³/mol. The van der Waals surface area contributed by atoms with E-state index in [0.29, 0.717) is 0 Å². The smallest absolute Gasteiger partial charge is 0.257 e. The highest BCUT2D eigenvalue weighted by Gasteiger charge is 2.27. The molecule has 2 aliphatic heterocycles. The lowest BCUT2D eigenvalue weighted by Gasteiger charge is -2.28. The van der Waals surface area contributed by atoms with E-state index in [0.717, 1.165) is 0 Å². The third kappa shape index (κ3) is 1.50. The average Bonchev–Trinajstić information content (AvgIpc) is 2.17. The Kier molecular flexibility index (Phi) is 1.94. The third-order valence-electron chi connectivity index (χ3n) is 2.08. The van der Waals surface area contributed by atoms with Gasteiger partial charge in [0.05, 0.1) is 0 Å². The molecule has 3 N–H and O–H groups in total. The molecular weight excluding hydrogens is 168 g/mol. The van der Waals surface area contributed by atoms with Crippen molar-refractivity contribution in [3.8, 4) is 0 Å². The number of aliphatic imine (C=N–C) groups is 2. The molecule has 0 saturated heterocycles. The molecule has 5 heteroatoms. The van der Waals surface area contributed by atoms with Crippen LogP contribution in [0.5, 0.6) is 0 Å². The van der Waals surface area contributed by atoms with Crippen molar-refractivity contribution in [2.75, 3.05) is 0 Å². The van der Waals surface area contributed by atoms with Crippen molar-refractivity contribution in [2.45, 2.75) is 12.2 Å². The van der Waals surface area contributed by atoms with E-state index in [4.69, 9.17) is 5.73 Å². The van der Waals surface area contributed by atoms with Gasteiger partial charge in [0.2, 0.25) is 0 Å². The van der Waals surface area contributed by atoms with Gasteiger partial charge in [0.25, 0.3) is 5.91 Å². The molecule has 0 aliphatic carbocycles. The number of rotatable bonds is 1. The molecule has 0 bridgehead atoms. The number of hydrogen-bond acceptors (Lipinski definition) is 4. The summed E-state index contributed by atoms with van der Waals surface area (Å²) in [5.41, 5.74) is 5.12. The third-order valence-corrected chi connectivity index (χ3v) is 2.08.